The maximum absolute atomic E-state index is 4.72. The van der Waals surface area contributed by atoms with Gasteiger partial charge in [0.05, 0.1) is 17.6 Å². The summed E-state index contributed by atoms with van der Waals surface area (Å²) in [6.07, 6.45) is 5.69. The Bertz CT molecular complexity index is 835. The van der Waals surface area contributed by atoms with E-state index in [9.17, 15) is 0 Å². The zero-order chi connectivity index (χ0) is 16.4. The minimum absolute atomic E-state index is 0.789. The van der Waals surface area contributed by atoms with Crippen LogP contribution in [0.15, 0.2) is 48.9 Å². The number of aryl methyl sites for hydroxylation is 1. The maximum atomic E-state index is 4.72. The van der Waals surface area contributed by atoms with Gasteiger partial charge in [0.25, 0.3) is 0 Å². The molecule has 6 nitrogen and oxygen atoms in total. The number of anilines is 1. The van der Waals surface area contributed by atoms with Gasteiger partial charge >= 0.3 is 0 Å². The summed E-state index contributed by atoms with van der Waals surface area (Å²) in [4.78, 5) is 11.4. The maximum Gasteiger partial charge on any atom is 0.225 e. The number of hydrogen-bond donors (Lipinski definition) is 1. The molecule has 1 aromatic carbocycles. The Morgan fingerprint density at radius 2 is 2.00 bits per heavy atom. The predicted octanol–water partition coefficient (Wildman–Crippen LogP) is 2.05. The zero-order valence-electron chi connectivity index (χ0n) is 13.7. The molecule has 0 unspecified atom stereocenters. The smallest absolute Gasteiger partial charge is 0.225 e. The molecule has 0 radical (unpaired) electrons. The molecule has 1 aliphatic heterocycles. The highest BCUT2D eigenvalue weighted by Gasteiger charge is 2.14. The molecule has 0 saturated carbocycles. The van der Waals surface area contributed by atoms with Crippen LogP contribution in [0, 0.1) is 6.92 Å². The van der Waals surface area contributed by atoms with E-state index in [0.717, 1.165) is 49.1 Å². The highest BCUT2D eigenvalue weighted by molar-refractivity contribution is 5.59. The first-order valence-corrected chi connectivity index (χ1v) is 8.20. The lowest BCUT2D eigenvalue weighted by Gasteiger charge is -2.27. The van der Waals surface area contributed by atoms with Crippen molar-refractivity contribution in [2.45, 2.75) is 6.92 Å². The Hall–Kier alpha value is -2.73. The quantitative estimate of drug-likeness (QED) is 0.800. The lowest BCUT2D eigenvalue weighted by Crippen LogP contribution is -2.44. The van der Waals surface area contributed by atoms with Gasteiger partial charge in [0.1, 0.15) is 0 Å². The summed E-state index contributed by atoms with van der Waals surface area (Å²) in [5.41, 5.74) is 4.16. The Labute approximate surface area is 141 Å². The van der Waals surface area contributed by atoms with Gasteiger partial charge in [0, 0.05) is 44.1 Å². The number of nitrogens with zero attached hydrogens (tertiary/aromatic N) is 5. The lowest BCUT2D eigenvalue weighted by molar-refractivity contribution is 0.580. The van der Waals surface area contributed by atoms with Crippen LogP contribution in [-0.4, -0.2) is 45.9 Å². The van der Waals surface area contributed by atoms with Gasteiger partial charge in [0.2, 0.25) is 5.95 Å². The highest BCUT2D eigenvalue weighted by Crippen LogP contribution is 2.20. The van der Waals surface area contributed by atoms with Gasteiger partial charge in [0.15, 0.2) is 0 Å². The van der Waals surface area contributed by atoms with Crippen molar-refractivity contribution in [1.82, 2.24) is 25.1 Å². The first kappa shape index (κ1) is 14.8. The van der Waals surface area contributed by atoms with Crippen LogP contribution in [-0.2, 0) is 0 Å². The van der Waals surface area contributed by atoms with E-state index in [-0.39, 0.29) is 0 Å². The highest BCUT2D eigenvalue weighted by atomic mass is 15.3. The number of benzene rings is 1. The summed E-state index contributed by atoms with van der Waals surface area (Å²) in [5, 5.41) is 7.83. The Kier molecular flexibility index (Phi) is 3.96. The zero-order valence-corrected chi connectivity index (χ0v) is 13.7. The third kappa shape index (κ3) is 3.00. The van der Waals surface area contributed by atoms with Crippen molar-refractivity contribution in [1.29, 1.82) is 0 Å². The monoisotopic (exact) mass is 320 g/mol. The van der Waals surface area contributed by atoms with Gasteiger partial charge in [-0.15, -0.1) is 0 Å². The second-order valence-corrected chi connectivity index (χ2v) is 5.99. The molecule has 1 fully saturated rings. The second-order valence-electron chi connectivity index (χ2n) is 5.99. The van der Waals surface area contributed by atoms with Crippen molar-refractivity contribution in [2.24, 2.45) is 0 Å². The van der Waals surface area contributed by atoms with E-state index in [0.29, 0.717) is 0 Å². The first-order valence-electron chi connectivity index (χ1n) is 8.20. The molecule has 3 heterocycles. The molecular weight excluding hydrogens is 300 g/mol. The molecule has 1 N–H and O–H groups in total. The van der Waals surface area contributed by atoms with Crippen molar-refractivity contribution in [3.05, 3.63) is 54.5 Å². The summed E-state index contributed by atoms with van der Waals surface area (Å²) in [5.74, 6) is 0.789. The first-order chi connectivity index (χ1) is 11.8. The van der Waals surface area contributed by atoms with Crippen molar-refractivity contribution >= 4 is 5.95 Å². The standard InChI is InChI=1S/C18H20N6/c1-14-3-2-4-16(11-14)24-13-15(12-21-24)17-5-6-20-18(22-17)23-9-7-19-8-10-23/h2-6,11-13,19H,7-10H2,1H3. The van der Waals surface area contributed by atoms with Crippen LogP contribution in [0.4, 0.5) is 5.95 Å². The van der Waals surface area contributed by atoms with Crippen LogP contribution in [0.2, 0.25) is 0 Å². The molecule has 3 aromatic rings. The third-order valence-electron chi connectivity index (χ3n) is 4.19. The molecule has 0 spiro atoms. The van der Waals surface area contributed by atoms with Gasteiger partial charge in [-0.1, -0.05) is 12.1 Å². The van der Waals surface area contributed by atoms with Gasteiger partial charge < -0.3 is 10.2 Å². The van der Waals surface area contributed by atoms with E-state index >= 15 is 0 Å². The molecule has 6 heteroatoms. The molecule has 0 aliphatic carbocycles. The van der Waals surface area contributed by atoms with Crippen LogP contribution in [0.1, 0.15) is 5.56 Å². The average molecular weight is 320 g/mol. The van der Waals surface area contributed by atoms with Crippen LogP contribution < -0.4 is 10.2 Å². The lowest BCUT2D eigenvalue weighted by atomic mass is 10.2. The van der Waals surface area contributed by atoms with Gasteiger partial charge in [-0.2, -0.15) is 5.10 Å². The van der Waals surface area contributed by atoms with Gasteiger partial charge in [-0.3, -0.25) is 0 Å². The minimum Gasteiger partial charge on any atom is -0.338 e. The third-order valence-corrected chi connectivity index (χ3v) is 4.19. The van der Waals surface area contributed by atoms with E-state index in [2.05, 4.69) is 45.4 Å². The molecule has 2 aromatic heterocycles. The average Bonchev–Trinajstić information content (AvgIpc) is 3.13. The molecule has 0 atom stereocenters. The fraction of sp³-hybridized carbons (Fsp3) is 0.278. The molecule has 0 amide bonds. The number of aromatic nitrogens is 4. The van der Waals surface area contributed by atoms with Gasteiger partial charge in [-0.05, 0) is 30.7 Å². The van der Waals surface area contributed by atoms with E-state index in [1.54, 1.807) is 0 Å². The SMILES string of the molecule is Cc1cccc(-n2cc(-c3ccnc(N4CCNCC4)n3)cn2)c1. The molecule has 1 saturated heterocycles. The summed E-state index contributed by atoms with van der Waals surface area (Å²) in [6, 6.07) is 10.2. The van der Waals surface area contributed by atoms with Crippen molar-refractivity contribution in [3.63, 3.8) is 0 Å². The Morgan fingerprint density at radius 1 is 1.12 bits per heavy atom. The second kappa shape index (κ2) is 6.41. The predicted molar refractivity (Wildman–Crippen MR) is 94.4 cm³/mol. The van der Waals surface area contributed by atoms with Gasteiger partial charge in [-0.25, -0.2) is 14.6 Å². The Balaban J connectivity index is 1.62. The molecule has 122 valence electrons. The normalized spacial score (nSPS) is 14.8. The van der Waals surface area contributed by atoms with E-state index < -0.39 is 0 Å². The van der Waals surface area contributed by atoms with E-state index in [1.807, 2.05) is 35.4 Å². The van der Waals surface area contributed by atoms with E-state index in [4.69, 9.17) is 4.98 Å². The van der Waals surface area contributed by atoms with Crippen molar-refractivity contribution < 1.29 is 0 Å². The molecule has 24 heavy (non-hydrogen) atoms. The topological polar surface area (TPSA) is 58.9 Å². The fourth-order valence-corrected chi connectivity index (χ4v) is 2.89. The molecular formula is C18H20N6. The molecule has 1 aliphatic rings. The van der Waals surface area contributed by atoms with E-state index in [1.165, 1.54) is 5.56 Å². The number of hydrogen-bond acceptors (Lipinski definition) is 5. The molecule has 4 rings (SSSR count). The summed E-state index contributed by atoms with van der Waals surface area (Å²) in [7, 11) is 0. The van der Waals surface area contributed by atoms with Crippen LogP contribution >= 0.6 is 0 Å². The fourth-order valence-electron chi connectivity index (χ4n) is 2.89. The number of rotatable bonds is 3. The van der Waals surface area contributed by atoms with Crippen LogP contribution in [0.3, 0.4) is 0 Å². The largest absolute Gasteiger partial charge is 0.338 e. The number of nitrogens with one attached hydrogen (secondary N) is 1. The van der Waals surface area contributed by atoms with Crippen LogP contribution in [0.5, 0.6) is 0 Å². The number of piperazine rings is 1. The molecule has 0 bridgehead atoms. The minimum atomic E-state index is 0.789. The van der Waals surface area contributed by atoms with Crippen molar-refractivity contribution in [2.75, 3.05) is 31.1 Å². The summed E-state index contributed by atoms with van der Waals surface area (Å²) >= 11 is 0. The summed E-state index contributed by atoms with van der Waals surface area (Å²) < 4.78 is 1.88. The van der Waals surface area contributed by atoms with Crippen molar-refractivity contribution in [3.8, 4) is 16.9 Å². The Morgan fingerprint density at radius 3 is 2.83 bits per heavy atom. The van der Waals surface area contributed by atoms with Crippen LogP contribution in [0.25, 0.3) is 16.9 Å². The summed E-state index contributed by atoms with van der Waals surface area (Å²) in [6.45, 7) is 5.90.